The van der Waals surface area contributed by atoms with Gasteiger partial charge < -0.3 is 20.3 Å². The Hall–Kier alpha value is -3.59. The summed E-state index contributed by atoms with van der Waals surface area (Å²) in [5.74, 6) is 2.06. The first-order valence-corrected chi connectivity index (χ1v) is 11.2. The van der Waals surface area contributed by atoms with Crippen molar-refractivity contribution in [1.29, 1.82) is 0 Å². The zero-order valence-electron chi connectivity index (χ0n) is 19.4. The highest BCUT2D eigenvalue weighted by Crippen LogP contribution is 2.28. The Morgan fingerprint density at radius 2 is 1.76 bits per heavy atom. The average Bonchev–Trinajstić information content (AvgIpc) is 3.23. The van der Waals surface area contributed by atoms with E-state index in [9.17, 15) is 5.11 Å². The van der Waals surface area contributed by atoms with E-state index in [2.05, 4.69) is 63.2 Å². The molecule has 3 aromatic heterocycles. The molecule has 0 saturated heterocycles. The molecular weight excluding hydrogens is 416 g/mol. The zero-order chi connectivity index (χ0) is 23.4. The molecule has 4 rings (SSSR count). The molecule has 172 valence electrons. The number of rotatable bonds is 9. The van der Waals surface area contributed by atoms with E-state index >= 15 is 0 Å². The van der Waals surface area contributed by atoms with Gasteiger partial charge in [0, 0.05) is 29.7 Å². The fourth-order valence-corrected chi connectivity index (χ4v) is 3.48. The van der Waals surface area contributed by atoms with Gasteiger partial charge in [0.1, 0.15) is 6.23 Å². The largest absolute Gasteiger partial charge is 0.374 e. The van der Waals surface area contributed by atoms with Crippen LogP contribution >= 0.6 is 0 Å². The van der Waals surface area contributed by atoms with Crippen molar-refractivity contribution in [3.8, 4) is 11.4 Å². The van der Waals surface area contributed by atoms with E-state index in [-0.39, 0.29) is 6.04 Å². The Bertz CT molecular complexity index is 1210. The lowest BCUT2D eigenvalue weighted by Gasteiger charge is -2.16. The minimum Gasteiger partial charge on any atom is -0.374 e. The molecule has 1 atom stereocenters. The second kappa shape index (κ2) is 9.91. The van der Waals surface area contributed by atoms with Crippen LogP contribution in [0.2, 0.25) is 0 Å². The number of anilines is 3. The average molecular weight is 447 g/mol. The first kappa shape index (κ1) is 22.6. The van der Waals surface area contributed by atoms with Gasteiger partial charge in [-0.05, 0) is 50.8 Å². The van der Waals surface area contributed by atoms with Crippen molar-refractivity contribution in [2.45, 2.75) is 52.8 Å². The fourth-order valence-electron chi connectivity index (χ4n) is 3.48. The van der Waals surface area contributed by atoms with Crippen LogP contribution in [0.4, 0.5) is 17.5 Å². The van der Waals surface area contributed by atoms with Gasteiger partial charge in [-0.15, -0.1) is 0 Å². The lowest BCUT2D eigenvalue weighted by molar-refractivity contribution is 0.183. The number of nitrogens with one attached hydrogen (secondary N) is 2. The molecule has 0 radical (unpaired) electrons. The standard InChI is InChI=1S/C24H30N8O/c1-15(2)9-10-19(33)29-24-30-22(20-23(31-24)32(14-27-20)16(3)4)28-18-8-5-7-17(13-18)21-25-11-6-12-26-21/h5-8,11-16,19,33H,9-10H2,1-4H3,(H2,28,29,30,31)/t19-/m0/s1. The van der Waals surface area contributed by atoms with Crippen LogP contribution in [0.15, 0.2) is 49.1 Å². The molecule has 0 aliphatic carbocycles. The Morgan fingerprint density at radius 3 is 2.48 bits per heavy atom. The van der Waals surface area contributed by atoms with E-state index in [0.29, 0.717) is 41.1 Å². The summed E-state index contributed by atoms with van der Waals surface area (Å²) in [7, 11) is 0. The molecule has 0 fully saturated rings. The van der Waals surface area contributed by atoms with Crippen molar-refractivity contribution in [3.05, 3.63) is 49.1 Å². The summed E-state index contributed by atoms with van der Waals surface area (Å²) in [5.41, 5.74) is 3.07. The van der Waals surface area contributed by atoms with Crippen LogP contribution in [0.3, 0.4) is 0 Å². The Morgan fingerprint density at radius 1 is 0.970 bits per heavy atom. The second-order valence-corrected chi connectivity index (χ2v) is 8.72. The molecule has 3 heterocycles. The number of aliphatic hydroxyl groups is 1. The number of benzene rings is 1. The van der Waals surface area contributed by atoms with Crippen molar-refractivity contribution in [2.24, 2.45) is 5.92 Å². The number of aliphatic hydroxyl groups excluding tert-OH is 1. The van der Waals surface area contributed by atoms with E-state index in [4.69, 9.17) is 0 Å². The molecule has 4 aromatic rings. The number of fused-ring (bicyclic) bond motifs is 1. The van der Waals surface area contributed by atoms with Gasteiger partial charge in [0.25, 0.3) is 0 Å². The molecule has 9 heteroatoms. The van der Waals surface area contributed by atoms with Gasteiger partial charge in [-0.3, -0.25) is 0 Å². The lowest BCUT2D eigenvalue weighted by atomic mass is 10.1. The van der Waals surface area contributed by atoms with E-state index in [1.54, 1.807) is 24.8 Å². The minimum absolute atomic E-state index is 0.176. The van der Waals surface area contributed by atoms with Crippen molar-refractivity contribution in [2.75, 3.05) is 10.6 Å². The maximum absolute atomic E-state index is 10.4. The van der Waals surface area contributed by atoms with Crippen molar-refractivity contribution < 1.29 is 5.11 Å². The van der Waals surface area contributed by atoms with E-state index in [1.807, 2.05) is 28.8 Å². The van der Waals surface area contributed by atoms with Crippen molar-refractivity contribution in [3.63, 3.8) is 0 Å². The number of nitrogens with zero attached hydrogens (tertiary/aromatic N) is 6. The third-order valence-corrected chi connectivity index (χ3v) is 5.24. The number of hydrogen-bond acceptors (Lipinski definition) is 8. The van der Waals surface area contributed by atoms with Crippen molar-refractivity contribution >= 4 is 28.6 Å². The third kappa shape index (κ3) is 5.43. The van der Waals surface area contributed by atoms with Gasteiger partial charge >= 0.3 is 0 Å². The van der Waals surface area contributed by atoms with Crippen LogP contribution in [0.1, 0.15) is 46.6 Å². The SMILES string of the molecule is CC(C)CC[C@H](O)Nc1nc(Nc2cccc(-c3ncccn3)c2)c2ncn(C(C)C)c2n1. The summed E-state index contributed by atoms with van der Waals surface area (Å²) in [6.07, 6.45) is 5.99. The maximum Gasteiger partial charge on any atom is 0.228 e. The van der Waals surface area contributed by atoms with Crippen molar-refractivity contribution in [1.82, 2.24) is 29.5 Å². The van der Waals surface area contributed by atoms with Crippen LogP contribution in [-0.4, -0.2) is 40.8 Å². The molecule has 0 bridgehead atoms. The molecular formula is C24H30N8O. The molecule has 9 nitrogen and oxygen atoms in total. The van der Waals surface area contributed by atoms with Crippen LogP contribution in [0.5, 0.6) is 0 Å². The molecule has 1 aromatic carbocycles. The topological polar surface area (TPSA) is 114 Å². The Kier molecular flexibility index (Phi) is 6.79. The molecule has 0 aliphatic heterocycles. The Labute approximate surface area is 193 Å². The van der Waals surface area contributed by atoms with Crippen LogP contribution < -0.4 is 10.6 Å². The summed E-state index contributed by atoms with van der Waals surface area (Å²) in [4.78, 5) is 22.5. The predicted molar refractivity (Wildman–Crippen MR) is 130 cm³/mol. The van der Waals surface area contributed by atoms with Gasteiger partial charge in [0.2, 0.25) is 5.95 Å². The van der Waals surface area contributed by atoms with E-state index in [1.165, 1.54) is 0 Å². The van der Waals surface area contributed by atoms with Crippen LogP contribution in [-0.2, 0) is 0 Å². The highest BCUT2D eigenvalue weighted by molar-refractivity contribution is 5.87. The highest BCUT2D eigenvalue weighted by atomic mass is 16.3. The summed E-state index contributed by atoms with van der Waals surface area (Å²) in [6.45, 7) is 8.41. The molecule has 0 amide bonds. The smallest absolute Gasteiger partial charge is 0.228 e. The second-order valence-electron chi connectivity index (χ2n) is 8.72. The number of imidazole rings is 1. The van der Waals surface area contributed by atoms with Gasteiger partial charge in [-0.25, -0.2) is 15.0 Å². The first-order chi connectivity index (χ1) is 15.9. The highest BCUT2D eigenvalue weighted by Gasteiger charge is 2.17. The maximum atomic E-state index is 10.4. The van der Waals surface area contributed by atoms with Crippen LogP contribution in [0.25, 0.3) is 22.6 Å². The zero-order valence-corrected chi connectivity index (χ0v) is 19.4. The summed E-state index contributed by atoms with van der Waals surface area (Å²) >= 11 is 0. The molecule has 0 spiro atoms. The minimum atomic E-state index is -0.730. The molecule has 0 unspecified atom stereocenters. The number of aromatic nitrogens is 6. The normalized spacial score (nSPS) is 12.5. The quantitative estimate of drug-likeness (QED) is 0.315. The first-order valence-electron chi connectivity index (χ1n) is 11.2. The monoisotopic (exact) mass is 446 g/mol. The predicted octanol–water partition coefficient (Wildman–Crippen LogP) is 4.77. The molecule has 3 N–H and O–H groups in total. The van der Waals surface area contributed by atoms with Gasteiger partial charge in [-0.1, -0.05) is 26.0 Å². The summed E-state index contributed by atoms with van der Waals surface area (Å²) in [6, 6.07) is 9.78. The van der Waals surface area contributed by atoms with Gasteiger partial charge in [-0.2, -0.15) is 9.97 Å². The van der Waals surface area contributed by atoms with E-state index < -0.39 is 6.23 Å². The molecule has 0 saturated carbocycles. The summed E-state index contributed by atoms with van der Waals surface area (Å²) < 4.78 is 1.99. The Balaban J connectivity index is 1.68. The summed E-state index contributed by atoms with van der Waals surface area (Å²) in [5, 5.41) is 16.9. The van der Waals surface area contributed by atoms with Gasteiger partial charge in [0.05, 0.1) is 6.33 Å². The fraction of sp³-hybridized carbons (Fsp3) is 0.375. The van der Waals surface area contributed by atoms with Crippen LogP contribution in [0, 0.1) is 5.92 Å². The molecule has 33 heavy (non-hydrogen) atoms. The van der Waals surface area contributed by atoms with E-state index in [0.717, 1.165) is 17.7 Å². The third-order valence-electron chi connectivity index (χ3n) is 5.24. The number of hydrogen-bond donors (Lipinski definition) is 3. The van der Waals surface area contributed by atoms with Gasteiger partial charge in [0.15, 0.2) is 22.8 Å². The molecule has 0 aliphatic rings. The lowest BCUT2D eigenvalue weighted by Crippen LogP contribution is -2.21.